The molecule has 3 heteroatoms. The fourth-order valence-corrected chi connectivity index (χ4v) is 1.87. The van der Waals surface area contributed by atoms with Gasteiger partial charge in [-0.1, -0.05) is 30.3 Å². The van der Waals surface area contributed by atoms with Crippen molar-refractivity contribution in [2.75, 3.05) is 0 Å². The van der Waals surface area contributed by atoms with E-state index in [2.05, 4.69) is 9.97 Å². The van der Waals surface area contributed by atoms with Crippen LogP contribution >= 0.6 is 0 Å². The van der Waals surface area contributed by atoms with Gasteiger partial charge in [-0.25, -0.2) is 4.98 Å². The first kappa shape index (κ1) is 9.78. The van der Waals surface area contributed by atoms with Gasteiger partial charge in [-0.2, -0.15) is 0 Å². The number of fused-ring (bicyclic) bond motifs is 1. The first-order chi connectivity index (χ1) is 8.34. The summed E-state index contributed by atoms with van der Waals surface area (Å²) < 4.78 is 0. The van der Waals surface area contributed by atoms with Crippen molar-refractivity contribution < 1.29 is 0 Å². The lowest BCUT2D eigenvalue weighted by molar-refractivity contribution is 1.23. The third kappa shape index (κ3) is 1.72. The molecule has 0 aliphatic heterocycles. The number of hydrogen-bond donors (Lipinski definition) is 1. The van der Waals surface area contributed by atoms with Crippen molar-refractivity contribution in [3.63, 3.8) is 0 Å². The number of nitrogens with zero attached hydrogens (tertiary/aromatic N) is 1. The minimum atomic E-state index is -0.109. The molecule has 0 unspecified atom stereocenters. The molecular weight excluding hydrogens is 212 g/mol. The van der Waals surface area contributed by atoms with Crippen LogP contribution in [-0.2, 0) is 0 Å². The molecule has 3 rings (SSSR count). The van der Waals surface area contributed by atoms with Gasteiger partial charge in [0.05, 0.1) is 0 Å². The van der Waals surface area contributed by atoms with E-state index in [4.69, 9.17) is 0 Å². The second kappa shape index (κ2) is 3.87. The summed E-state index contributed by atoms with van der Waals surface area (Å²) >= 11 is 0. The van der Waals surface area contributed by atoms with E-state index in [1.54, 1.807) is 6.20 Å². The fourth-order valence-electron chi connectivity index (χ4n) is 1.87. The molecule has 0 amide bonds. The van der Waals surface area contributed by atoms with Crippen LogP contribution in [0.2, 0.25) is 0 Å². The number of nitrogens with one attached hydrogen (secondary N) is 1. The maximum absolute atomic E-state index is 11.9. The van der Waals surface area contributed by atoms with Crippen molar-refractivity contribution >= 4 is 11.0 Å². The number of H-pyrrole nitrogens is 1. The van der Waals surface area contributed by atoms with Crippen molar-refractivity contribution in [1.82, 2.24) is 9.97 Å². The van der Waals surface area contributed by atoms with Gasteiger partial charge in [0.25, 0.3) is 5.56 Å². The molecule has 3 nitrogen and oxygen atoms in total. The molecule has 2 aromatic heterocycles. The van der Waals surface area contributed by atoms with Crippen LogP contribution in [0.4, 0.5) is 0 Å². The largest absolute Gasteiger partial charge is 0.306 e. The van der Waals surface area contributed by atoms with E-state index >= 15 is 0 Å². The lowest BCUT2D eigenvalue weighted by atomic mass is 10.1. The zero-order valence-electron chi connectivity index (χ0n) is 9.05. The molecule has 0 bridgehead atoms. The van der Waals surface area contributed by atoms with Crippen LogP contribution in [0.15, 0.2) is 59.5 Å². The summed E-state index contributed by atoms with van der Waals surface area (Å²) in [5, 5.41) is 0.936. The molecule has 3 aromatic rings. The number of aromatic nitrogens is 2. The summed E-state index contributed by atoms with van der Waals surface area (Å²) in [6, 6.07) is 15.3. The average Bonchev–Trinajstić information content (AvgIpc) is 2.39. The summed E-state index contributed by atoms with van der Waals surface area (Å²) in [5.41, 5.74) is 2.10. The number of rotatable bonds is 1. The second-order valence-corrected chi connectivity index (χ2v) is 3.82. The Labute approximate surface area is 97.8 Å². The van der Waals surface area contributed by atoms with Gasteiger partial charge in [0.15, 0.2) is 0 Å². The smallest absolute Gasteiger partial charge is 0.257 e. The Hall–Kier alpha value is -2.42. The van der Waals surface area contributed by atoms with E-state index in [0.29, 0.717) is 11.2 Å². The Morgan fingerprint density at radius 3 is 2.65 bits per heavy atom. The zero-order chi connectivity index (χ0) is 11.7. The quantitative estimate of drug-likeness (QED) is 0.687. The van der Waals surface area contributed by atoms with Gasteiger partial charge in [-0.3, -0.25) is 4.79 Å². The maximum atomic E-state index is 11.9. The SMILES string of the molecule is O=c1[nH]c2ncccc2cc1-c1ccccc1. The van der Waals surface area contributed by atoms with Crippen molar-refractivity contribution in [1.29, 1.82) is 0 Å². The van der Waals surface area contributed by atoms with Crippen LogP contribution in [0.5, 0.6) is 0 Å². The number of benzene rings is 1. The Morgan fingerprint density at radius 1 is 1.00 bits per heavy atom. The monoisotopic (exact) mass is 222 g/mol. The molecule has 17 heavy (non-hydrogen) atoms. The molecule has 1 N–H and O–H groups in total. The molecular formula is C14H10N2O. The second-order valence-electron chi connectivity index (χ2n) is 3.82. The van der Waals surface area contributed by atoms with Crippen LogP contribution in [0, 0.1) is 0 Å². The van der Waals surface area contributed by atoms with E-state index in [1.165, 1.54) is 0 Å². The molecule has 2 heterocycles. The summed E-state index contributed by atoms with van der Waals surface area (Å²) in [6.07, 6.45) is 1.67. The van der Waals surface area contributed by atoms with Crippen molar-refractivity contribution in [2.45, 2.75) is 0 Å². The van der Waals surface area contributed by atoms with E-state index < -0.39 is 0 Å². The molecule has 0 atom stereocenters. The molecule has 1 aromatic carbocycles. The van der Waals surface area contributed by atoms with Gasteiger partial charge in [0, 0.05) is 17.1 Å². The fraction of sp³-hybridized carbons (Fsp3) is 0. The lowest BCUT2D eigenvalue weighted by Gasteiger charge is -2.02. The highest BCUT2D eigenvalue weighted by Crippen LogP contribution is 2.17. The van der Waals surface area contributed by atoms with Crippen LogP contribution in [0.1, 0.15) is 0 Å². The zero-order valence-corrected chi connectivity index (χ0v) is 9.05. The summed E-state index contributed by atoms with van der Waals surface area (Å²) in [5.74, 6) is 0. The Balaban J connectivity index is 2.31. The van der Waals surface area contributed by atoms with Crippen LogP contribution < -0.4 is 5.56 Å². The predicted octanol–water partition coefficient (Wildman–Crippen LogP) is 2.59. The summed E-state index contributed by atoms with van der Waals surface area (Å²) in [7, 11) is 0. The number of hydrogen-bond acceptors (Lipinski definition) is 2. The highest BCUT2D eigenvalue weighted by molar-refractivity contribution is 5.80. The van der Waals surface area contributed by atoms with Gasteiger partial charge in [-0.15, -0.1) is 0 Å². The summed E-state index contributed by atoms with van der Waals surface area (Å²) in [6.45, 7) is 0. The Kier molecular flexibility index (Phi) is 2.22. The maximum Gasteiger partial charge on any atom is 0.257 e. The Morgan fingerprint density at radius 2 is 1.82 bits per heavy atom. The molecule has 0 radical (unpaired) electrons. The normalized spacial score (nSPS) is 10.6. The van der Waals surface area contributed by atoms with Gasteiger partial charge in [0.1, 0.15) is 5.65 Å². The van der Waals surface area contributed by atoms with Crippen LogP contribution in [0.3, 0.4) is 0 Å². The standard InChI is InChI=1S/C14H10N2O/c17-14-12(10-5-2-1-3-6-10)9-11-7-4-8-15-13(11)16-14/h1-9H,(H,15,16,17). The minimum absolute atomic E-state index is 0.109. The molecule has 82 valence electrons. The first-order valence-electron chi connectivity index (χ1n) is 5.38. The van der Waals surface area contributed by atoms with Crippen molar-refractivity contribution in [2.24, 2.45) is 0 Å². The van der Waals surface area contributed by atoms with Gasteiger partial charge in [-0.05, 0) is 23.8 Å². The number of aromatic amines is 1. The molecule has 0 saturated carbocycles. The third-order valence-electron chi connectivity index (χ3n) is 2.70. The van der Waals surface area contributed by atoms with E-state index in [9.17, 15) is 4.79 Å². The van der Waals surface area contributed by atoms with Gasteiger partial charge in [0.2, 0.25) is 0 Å². The minimum Gasteiger partial charge on any atom is -0.306 e. The summed E-state index contributed by atoms with van der Waals surface area (Å²) in [4.78, 5) is 18.8. The molecule has 0 saturated heterocycles. The average molecular weight is 222 g/mol. The van der Waals surface area contributed by atoms with Crippen molar-refractivity contribution in [3.05, 3.63) is 65.1 Å². The highest BCUT2D eigenvalue weighted by Gasteiger charge is 2.04. The van der Waals surface area contributed by atoms with Crippen LogP contribution in [-0.4, -0.2) is 9.97 Å². The first-order valence-corrected chi connectivity index (χ1v) is 5.38. The van der Waals surface area contributed by atoms with E-state index in [-0.39, 0.29) is 5.56 Å². The molecule has 0 spiro atoms. The molecule has 0 aliphatic carbocycles. The Bertz CT molecular complexity index is 717. The van der Waals surface area contributed by atoms with Crippen molar-refractivity contribution in [3.8, 4) is 11.1 Å². The van der Waals surface area contributed by atoms with Gasteiger partial charge < -0.3 is 4.98 Å². The predicted molar refractivity (Wildman–Crippen MR) is 67.8 cm³/mol. The topological polar surface area (TPSA) is 45.8 Å². The third-order valence-corrected chi connectivity index (χ3v) is 2.70. The van der Waals surface area contributed by atoms with Gasteiger partial charge >= 0.3 is 0 Å². The molecule has 0 aliphatic rings. The molecule has 0 fully saturated rings. The van der Waals surface area contributed by atoms with E-state index in [0.717, 1.165) is 10.9 Å². The highest BCUT2D eigenvalue weighted by atomic mass is 16.1. The number of pyridine rings is 2. The van der Waals surface area contributed by atoms with E-state index in [1.807, 2.05) is 48.5 Å². The lowest BCUT2D eigenvalue weighted by Crippen LogP contribution is -2.09. The van der Waals surface area contributed by atoms with Crippen LogP contribution in [0.25, 0.3) is 22.2 Å².